The number of nitrogens with one attached hydrogen (secondary N) is 1. The number of hydrogen-bond acceptors (Lipinski definition) is 5. The molecule has 0 bridgehead atoms. The van der Waals surface area contributed by atoms with Crippen molar-refractivity contribution in [3.05, 3.63) is 33.8 Å². The number of rotatable bonds is 3. The predicted molar refractivity (Wildman–Crippen MR) is 102 cm³/mol. The molecule has 0 radical (unpaired) electrons. The highest BCUT2D eigenvalue weighted by atomic mass is 32.1. The van der Waals surface area contributed by atoms with E-state index in [1.54, 1.807) is 0 Å². The molecule has 5 heteroatoms. The Balaban J connectivity index is 2.53. The molecule has 2 rings (SSSR count). The van der Waals surface area contributed by atoms with E-state index in [2.05, 4.69) is 51.8 Å². The third-order valence-electron chi connectivity index (χ3n) is 4.01. The second-order valence-electron chi connectivity index (χ2n) is 8.23. The number of hydrogen-bond donors (Lipinski definition) is 3. The molecule has 0 saturated heterocycles. The van der Waals surface area contributed by atoms with Gasteiger partial charge in [-0.1, -0.05) is 52.9 Å². The van der Waals surface area contributed by atoms with Gasteiger partial charge in [0.05, 0.1) is 17.2 Å². The second-order valence-corrected chi connectivity index (χ2v) is 9.31. The Morgan fingerprint density at radius 3 is 1.92 bits per heavy atom. The summed E-state index contributed by atoms with van der Waals surface area (Å²) >= 11 is 1.45. The summed E-state index contributed by atoms with van der Waals surface area (Å²) in [6, 6.07) is 3.97. The summed E-state index contributed by atoms with van der Waals surface area (Å²) in [5, 5.41) is 24.2. The van der Waals surface area contributed by atoms with Crippen LogP contribution in [0, 0.1) is 6.92 Å². The van der Waals surface area contributed by atoms with Crippen LogP contribution in [-0.2, 0) is 17.4 Å². The fourth-order valence-corrected chi connectivity index (χ4v) is 3.44. The van der Waals surface area contributed by atoms with Gasteiger partial charge in [-0.15, -0.1) is 0 Å². The smallest absolute Gasteiger partial charge is 0.187 e. The molecule has 1 aromatic carbocycles. The van der Waals surface area contributed by atoms with Crippen LogP contribution >= 0.6 is 11.3 Å². The van der Waals surface area contributed by atoms with Gasteiger partial charge in [-0.25, -0.2) is 4.98 Å². The van der Waals surface area contributed by atoms with Crippen LogP contribution in [0.3, 0.4) is 0 Å². The molecule has 0 aliphatic rings. The Hall–Kier alpha value is -1.59. The first-order valence-corrected chi connectivity index (χ1v) is 8.97. The van der Waals surface area contributed by atoms with Crippen LogP contribution in [0.2, 0.25) is 0 Å². The predicted octanol–water partition coefficient (Wildman–Crippen LogP) is 4.99. The van der Waals surface area contributed by atoms with Gasteiger partial charge in [0.1, 0.15) is 5.75 Å². The van der Waals surface area contributed by atoms with Crippen LogP contribution in [0.15, 0.2) is 12.1 Å². The SMILES string of the molecule is Cc1nc(Nc2cc(C(C)(C)C)c(O)c(C(C)(C)C)c2)sc1CO. The zero-order chi connectivity index (χ0) is 18.3. The lowest BCUT2D eigenvalue weighted by Gasteiger charge is -2.28. The fraction of sp³-hybridized carbons (Fsp3) is 0.526. The highest BCUT2D eigenvalue weighted by Gasteiger charge is 2.26. The van der Waals surface area contributed by atoms with E-state index in [0.29, 0.717) is 5.75 Å². The van der Waals surface area contributed by atoms with Crippen molar-refractivity contribution >= 4 is 22.2 Å². The van der Waals surface area contributed by atoms with Crippen molar-refractivity contribution < 1.29 is 10.2 Å². The second kappa shape index (κ2) is 6.37. The van der Waals surface area contributed by atoms with E-state index >= 15 is 0 Å². The maximum Gasteiger partial charge on any atom is 0.187 e. The van der Waals surface area contributed by atoms with Gasteiger partial charge in [0, 0.05) is 16.8 Å². The van der Waals surface area contributed by atoms with E-state index in [4.69, 9.17) is 0 Å². The van der Waals surface area contributed by atoms with E-state index in [1.807, 2.05) is 19.1 Å². The number of aliphatic hydroxyl groups is 1. The summed E-state index contributed by atoms with van der Waals surface area (Å²) in [7, 11) is 0. The van der Waals surface area contributed by atoms with E-state index in [1.165, 1.54) is 11.3 Å². The number of phenols is 1. The molecular formula is C19H28N2O2S. The summed E-state index contributed by atoms with van der Waals surface area (Å²) in [6.07, 6.45) is 0. The number of aliphatic hydroxyl groups excluding tert-OH is 1. The minimum Gasteiger partial charge on any atom is -0.507 e. The third-order valence-corrected chi connectivity index (χ3v) is 5.07. The van der Waals surface area contributed by atoms with Gasteiger partial charge < -0.3 is 15.5 Å². The molecule has 0 spiro atoms. The quantitative estimate of drug-likeness (QED) is 0.684. The van der Waals surface area contributed by atoms with Gasteiger partial charge in [-0.3, -0.25) is 0 Å². The lowest BCUT2D eigenvalue weighted by atomic mass is 9.79. The van der Waals surface area contributed by atoms with Crippen molar-refractivity contribution in [2.45, 2.75) is 65.9 Å². The zero-order valence-electron chi connectivity index (χ0n) is 15.6. The Labute approximate surface area is 148 Å². The molecule has 0 aliphatic carbocycles. The normalized spacial score (nSPS) is 12.5. The average molecular weight is 349 g/mol. The topological polar surface area (TPSA) is 65.4 Å². The summed E-state index contributed by atoms with van der Waals surface area (Å²) in [4.78, 5) is 5.33. The van der Waals surface area contributed by atoms with Crippen LogP contribution < -0.4 is 5.32 Å². The number of aromatic hydroxyl groups is 1. The van der Waals surface area contributed by atoms with E-state index < -0.39 is 0 Å². The molecule has 4 nitrogen and oxygen atoms in total. The minimum atomic E-state index is -0.170. The molecule has 0 aliphatic heterocycles. The van der Waals surface area contributed by atoms with Crippen LogP contribution in [0.1, 0.15) is 63.2 Å². The van der Waals surface area contributed by atoms with E-state index in [0.717, 1.165) is 32.5 Å². The highest BCUT2D eigenvalue weighted by Crippen LogP contribution is 2.41. The molecule has 1 heterocycles. The zero-order valence-corrected chi connectivity index (χ0v) is 16.4. The number of nitrogens with zero attached hydrogens (tertiary/aromatic N) is 1. The molecule has 0 atom stereocenters. The Morgan fingerprint density at radius 1 is 1.04 bits per heavy atom. The summed E-state index contributed by atoms with van der Waals surface area (Å²) < 4.78 is 0. The standard InChI is InChI=1S/C19H28N2O2S/c1-11-15(10-22)24-17(20-11)21-12-8-13(18(2,3)4)16(23)14(9-12)19(5,6)7/h8-9,22-23H,10H2,1-7H3,(H,20,21). The Morgan fingerprint density at radius 2 is 1.54 bits per heavy atom. The van der Waals surface area contributed by atoms with E-state index in [9.17, 15) is 10.2 Å². The van der Waals surface area contributed by atoms with Crippen molar-refractivity contribution in [2.24, 2.45) is 0 Å². The molecule has 1 aromatic heterocycles. The summed E-state index contributed by atoms with van der Waals surface area (Å²) in [5.41, 5.74) is 3.23. The number of benzene rings is 1. The Bertz CT molecular complexity index is 702. The van der Waals surface area contributed by atoms with Crippen LogP contribution in [0.5, 0.6) is 5.75 Å². The largest absolute Gasteiger partial charge is 0.507 e. The molecule has 0 unspecified atom stereocenters. The lowest BCUT2D eigenvalue weighted by molar-refractivity contribution is 0.284. The third kappa shape index (κ3) is 3.90. The number of phenolic OH excluding ortho intramolecular Hbond substituents is 1. The fourth-order valence-electron chi connectivity index (χ4n) is 2.60. The van der Waals surface area contributed by atoms with Crippen LogP contribution in [-0.4, -0.2) is 15.2 Å². The van der Waals surface area contributed by atoms with E-state index in [-0.39, 0.29) is 17.4 Å². The maximum atomic E-state index is 10.8. The van der Waals surface area contributed by atoms with Crippen molar-refractivity contribution in [1.29, 1.82) is 0 Å². The minimum absolute atomic E-state index is 0.00123. The molecule has 0 fully saturated rings. The van der Waals surface area contributed by atoms with Crippen molar-refractivity contribution in [2.75, 3.05) is 5.32 Å². The monoisotopic (exact) mass is 348 g/mol. The summed E-state index contributed by atoms with van der Waals surface area (Å²) in [6.45, 7) is 14.5. The van der Waals surface area contributed by atoms with Crippen molar-refractivity contribution in [3.63, 3.8) is 0 Å². The first-order chi connectivity index (χ1) is 10.9. The van der Waals surface area contributed by atoms with Crippen LogP contribution in [0.4, 0.5) is 10.8 Å². The average Bonchev–Trinajstić information content (AvgIpc) is 2.78. The first kappa shape index (κ1) is 18.7. The van der Waals surface area contributed by atoms with Gasteiger partial charge in [-0.05, 0) is 29.9 Å². The highest BCUT2D eigenvalue weighted by molar-refractivity contribution is 7.15. The maximum absolute atomic E-state index is 10.8. The number of aromatic nitrogens is 1. The molecular weight excluding hydrogens is 320 g/mol. The number of thiazole rings is 1. The van der Waals surface area contributed by atoms with Gasteiger partial charge in [0.15, 0.2) is 5.13 Å². The van der Waals surface area contributed by atoms with Crippen molar-refractivity contribution in [1.82, 2.24) is 4.98 Å². The molecule has 0 saturated carbocycles. The Kier molecular flexibility index (Phi) is 4.98. The number of aryl methyl sites for hydroxylation is 1. The van der Waals surface area contributed by atoms with Gasteiger partial charge in [0.2, 0.25) is 0 Å². The van der Waals surface area contributed by atoms with Gasteiger partial charge in [-0.2, -0.15) is 0 Å². The molecule has 2 aromatic rings. The molecule has 3 N–H and O–H groups in total. The number of anilines is 2. The van der Waals surface area contributed by atoms with Gasteiger partial charge in [0.25, 0.3) is 0 Å². The summed E-state index contributed by atoms with van der Waals surface area (Å²) in [5.74, 6) is 0.368. The van der Waals surface area contributed by atoms with Gasteiger partial charge >= 0.3 is 0 Å². The molecule has 24 heavy (non-hydrogen) atoms. The first-order valence-electron chi connectivity index (χ1n) is 8.15. The molecule has 0 amide bonds. The molecule has 132 valence electrons. The van der Waals surface area contributed by atoms with Crippen molar-refractivity contribution in [3.8, 4) is 5.75 Å². The lowest BCUT2D eigenvalue weighted by Crippen LogP contribution is -2.17. The van der Waals surface area contributed by atoms with Crippen LogP contribution in [0.25, 0.3) is 0 Å².